The number of aliphatic carboxylic acids is 1. The first-order chi connectivity index (χ1) is 9.99. The maximum Gasteiger partial charge on any atom is 0.306 e. The molecule has 2 atom stereocenters. The van der Waals surface area contributed by atoms with E-state index in [1.807, 2.05) is 37.3 Å². The van der Waals surface area contributed by atoms with Gasteiger partial charge in [0.25, 0.3) is 0 Å². The van der Waals surface area contributed by atoms with Crippen LogP contribution >= 0.6 is 0 Å². The van der Waals surface area contributed by atoms with Crippen LogP contribution in [-0.2, 0) is 16.0 Å². The highest BCUT2D eigenvalue weighted by atomic mass is 16.4. The molecule has 0 aliphatic heterocycles. The lowest BCUT2D eigenvalue weighted by Crippen LogP contribution is -2.32. The molecule has 0 aliphatic carbocycles. The van der Waals surface area contributed by atoms with Crippen LogP contribution in [0.1, 0.15) is 45.1 Å². The van der Waals surface area contributed by atoms with Gasteiger partial charge in [0.2, 0.25) is 5.91 Å². The summed E-state index contributed by atoms with van der Waals surface area (Å²) in [6.45, 7) is 3.68. The lowest BCUT2D eigenvalue weighted by atomic mass is 10.0. The summed E-state index contributed by atoms with van der Waals surface area (Å²) in [4.78, 5) is 22.5. The fraction of sp³-hybridized carbons (Fsp3) is 0.529. The third-order valence-corrected chi connectivity index (χ3v) is 3.59. The molecule has 0 aliphatic rings. The third-order valence-electron chi connectivity index (χ3n) is 3.59. The summed E-state index contributed by atoms with van der Waals surface area (Å²) >= 11 is 0. The quantitative estimate of drug-likeness (QED) is 0.735. The minimum Gasteiger partial charge on any atom is -0.481 e. The van der Waals surface area contributed by atoms with Crippen LogP contribution in [0.3, 0.4) is 0 Å². The van der Waals surface area contributed by atoms with Crippen molar-refractivity contribution in [2.45, 2.75) is 52.0 Å². The van der Waals surface area contributed by atoms with E-state index in [2.05, 4.69) is 5.32 Å². The Balaban J connectivity index is 2.17. The topological polar surface area (TPSA) is 66.4 Å². The Morgan fingerprint density at radius 3 is 2.43 bits per heavy atom. The van der Waals surface area contributed by atoms with E-state index < -0.39 is 5.97 Å². The van der Waals surface area contributed by atoms with Crippen LogP contribution in [0.15, 0.2) is 30.3 Å². The molecule has 0 saturated carbocycles. The SMILES string of the molecule is CC(CCCC(C)C(=O)O)NC(=O)CCc1ccccc1. The van der Waals surface area contributed by atoms with Crippen molar-refractivity contribution in [2.75, 3.05) is 0 Å². The van der Waals surface area contributed by atoms with Crippen LogP contribution < -0.4 is 5.32 Å². The van der Waals surface area contributed by atoms with E-state index >= 15 is 0 Å². The number of aryl methyl sites for hydroxylation is 1. The number of amides is 1. The zero-order valence-electron chi connectivity index (χ0n) is 12.8. The zero-order valence-corrected chi connectivity index (χ0v) is 12.8. The summed E-state index contributed by atoms with van der Waals surface area (Å²) in [7, 11) is 0. The Bertz CT molecular complexity index is 445. The van der Waals surface area contributed by atoms with Crippen molar-refractivity contribution in [3.63, 3.8) is 0 Å². The molecule has 1 amide bonds. The Morgan fingerprint density at radius 2 is 1.81 bits per heavy atom. The first kappa shape index (κ1) is 17.2. The van der Waals surface area contributed by atoms with Gasteiger partial charge in [0.05, 0.1) is 5.92 Å². The van der Waals surface area contributed by atoms with Gasteiger partial charge in [-0.1, -0.05) is 43.7 Å². The number of carbonyl (C=O) groups is 2. The lowest BCUT2D eigenvalue weighted by Gasteiger charge is -2.14. The fourth-order valence-electron chi connectivity index (χ4n) is 2.18. The Kier molecular flexibility index (Phi) is 7.51. The molecular weight excluding hydrogens is 266 g/mol. The predicted molar refractivity (Wildman–Crippen MR) is 83.0 cm³/mol. The molecule has 1 aromatic carbocycles. The number of rotatable bonds is 9. The molecule has 4 nitrogen and oxygen atoms in total. The van der Waals surface area contributed by atoms with Gasteiger partial charge in [-0.15, -0.1) is 0 Å². The van der Waals surface area contributed by atoms with Gasteiger partial charge in [0, 0.05) is 12.5 Å². The number of benzene rings is 1. The lowest BCUT2D eigenvalue weighted by molar-refractivity contribution is -0.141. The summed E-state index contributed by atoms with van der Waals surface area (Å²) in [6, 6.07) is 10.0. The van der Waals surface area contributed by atoms with Crippen molar-refractivity contribution < 1.29 is 14.7 Å². The third kappa shape index (κ3) is 7.49. The number of carbonyl (C=O) groups excluding carboxylic acids is 1. The molecule has 0 heterocycles. The summed E-state index contributed by atoms with van der Waals surface area (Å²) in [5, 5.41) is 11.8. The summed E-state index contributed by atoms with van der Waals surface area (Å²) in [6.07, 6.45) is 3.51. The van der Waals surface area contributed by atoms with Crippen molar-refractivity contribution in [3.05, 3.63) is 35.9 Å². The molecule has 21 heavy (non-hydrogen) atoms. The average molecular weight is 291 g/mol. The molecule has 0 saturated heterocycles. The average Bonchev–Trinajstić information content (AvgIpc) is 2.46. The van der Waals surface area contributed by atoms with Crippen molar-refractivity contribution in [2.24, 2.45) is 5.92 Å². The monoisotopic (exact) mass is 291 g/mol. The van der Waals surface area contributed by atoms with Crippen LogP contribution in [0.4, 0.5) is 0 Å². The molecule has 0 bridgehead atoms. The van der Waals surface area contributed by atoms with E-state index in [0.717, 1.165) is 24.8 Å². The van der Waals surface area contributed by atoms with Gasteiger partial charge in [-0.2, -0.15) is 0 Å². The van der Waals surface area contributed by atoms with E-state index in [-0.39, 0.29) is 17.9 Å². The van der Waals surface area contributed by atoms with Gasteiger partial charge in [0.1, 0.15) is 0 Å². The first-order valence-corrected chi connectivity index (χ1v) is 7.55. The molecule has 1 rings (SSSR count). The second-order valence-electron chi connectivity index (χ2n) is 5.62. The fourth-order valence-corrected chi connectivity index (χ4v) is 2.18. The maximum absolute atomic E-state index is 11.8. The normalized spacial score (nSPS) is 13.4. The Hall–Kier alpha value is -1.84. The molecule has 0 spiro atoms. The van der Waals surface area contributed by atoms with Crippen molar-refractivity contribution in [1.82, 2.24) is 5.32 Å². The van der Waals surface area contributed by atoms with E-state index in [4.69, 9.17) is 5.11 Å². The highest BCUT2D eigenvalue weighted by Crippen LogP contribution is 2.10. The molecule has 116 valence electrons. The Morgan fingerprint density at radius 1 is 1.14 bits per heavy atom. The summed E-state index contributed by atoms with van der Waals surface area (Å²) in [5.74, 6) is -1.02. The van der Waals surface area contributed by atoms with Gasteiger partial charge < -0.3 is 10.4 Å². The zero-order chi connectivity index (χ0) is 15.7. The van der Waals surface area contributed by atoms with Gasteiger partial charge in [-0.25, -0.2) is 0 Å². The van der Waals surface area contributed by atoms with Crippen LogP contribution in [0, 0.1) is 5.92 Å². The van der Waals surface area contributed by atoms with Gasteiger partial charge >= 0.3 is 5.97 Å². The van der Waals surface area contributed by atoms with Crippen LogP contribution in [0.2, 0.25) is 0 Å². The molecule has 0 radical (unpaired) electrons. The summed E-state index contributed by atoms with van der Waals surface area (Å²) < 4.78 is 0. The van der Waals surface area contributed by atoms with Crippen LogP contribution in [0.25, 0.3) is 0 Å². The standard InChI is InChI=1S/C17H25NO3/c1-13(17(20)21)7-6-8-14(2)18-16(19)12-11-15-9-4-3-5-10-15/h3-5,9-10,13-14H,6-8,11-12H2,1-2H3,(H,18,19)(H,20,21). The Labute approximate surface area is 126 Å². The number of carboxylic acid groups (broad SMARTS) is 1. The van der Waals surface area contributed by atoms with Gasteiger partial charge in [-0.05, 0) is 31.7 Å². The van der Waals surface area contributed by atoms with Crippen molar-refractivity contribution in [1.29, 1.82) is 0 Å². The van der Waals surface area contributed by atoms with E-state index in [1.54, 1.807) is 6.92 Å². The molecule has 2 unspecified atom stereocenters. The highest BCUT2D eigenvalue weighted by molar-refractivity contribution is 5.76. The molecule has 0 aromatic heterocycles. The minimum atomic E-state index is -0.755. The number of hydrogen-bond donors (Lipinski definition) is 2. The van der Waals surface area contributed by atoms with Crippen LogP contribution in [-0.4, -0.2) is 23.0 Å². The van der Waals surface area contributed by atoms with Crippen molar-refractivity contribution in [3.8, 4) is 0 Å². The summed E-state index contributed by atoms with van der Waals surface area (Å²) in [5.41, 5.74) is 1.16. The number of nitrogens with one attached hydrogen (secondary N) is 1. The predicted octanol–water partition coefficient (Wildman–Crippen LogP) is 3.01. The highest BCUT2D eigenvalue weighted by Gasteiger charge is 2.12. The number of hydrogen-bond acceptors (Lipinski definition) is 2. The van der Waals surface area contributed by atoms with E-state index in [1.165, 1.54) is 0 Å². The largest absolute Gasteiger partial charge is 0.481 e. The second kappa shape index (κ2) is 9.16. The van der Waals surface area contributed by atoms with E-state index in [9.17, 15) is 9.59 Å². The molecule has 4 heteroatoms. The van der Waals surface area contributed by atoms with Gasteiger partial charge in [0.15, 0.2) is 0 Å². The molecule has 1 aromatic rings. The maximum atomic E-state index is 11.8. The van der Waals surface area contributed by atoms with E-state index in [0.29, 0.717) is 12.8 Å². The minimum absolute atomic E-state index is 0.0534. The smallest absolute Gasteiger partial charge is 0.306 e. The van der Waals surface area contributed by atoms with Gasteiger partial charge in [-0.3, -0.25) is 9.59 Å². The second-order valence-corrected chi connectivity index (χ2v) is 5.62. The van der Waals surface area contributed by atoms with Crippen molar-refractivity contribution >= 4 is 11.9 Å². The molecule has 2 N–H and O–H groups in total. The molecule has 0 fully saturated rings. The molecular formula is C17H25NO3. The van der Waals surface area contributed by atoms with Crippen LogP contribution in [0.5, 0.6) is 0 Å². The number of carboxylic acids is 1. The first-order valence-electron chi connectivity index (χ1n) is 7.55.